The topological polar surface area (TPSA) is 33.1 Å². The number of hydrogen-bond donors (Lipinski definition) is 1. The molecule has 0 fully saturated rings. The van der Waals surface area contributed by atoms with Gasteiger partial charge in [-0.3, -0.25) is 0 Å². The van der Waals surface area contributed by atoms with E-state index in [4.69, 9.17) is 0 Å². The van der Waals surface area contributed by atoms with Gasteiger partial charge in [0, 0.05) is 31.7 Å². The molecule has 5 heteroatoms. The summed E-state index contributed by atoms with van der Waals surface area (Å²) < 4.78 is 2.05. The van der Waals surface area contributed by atoms with Crippen molar-refractivity contribution in [3.8, 4) is 0 Å². The van der Waals surface area contributed by atoms with Gasteiger partial charge >= 0.3 is 0 Å². The molecule has 1 heterocycles. The van der Waals surface area contributed by atoms with Gasteiger partial charge in [-0.25, -0.2) is 4.98 Å². The lowest BCUT2D eigenvalue weighted by Gasteiger charge is -2.09. The Labute approximate surface area is 102 Å². The fourth-order valence-electron chi connectivity index (χ4n) is 1.35. The summed E-state index contributed by atoms with van der Waals surface area (Å²) in [5.41, 5.74) is 0. The standard InChI is InChI=1S/C11H22N4S/c1-14(2)8-4-5-12-7-10-16-11-13-6-9-15(11)3/h6,9,12H,4-5,7-8,10H2,1-3H3. The minimum atomic E-state index is 1.05. The first kappa shape index (κ1) is 13.5. The van der Waals surface area contributed by atoms with Crippen molar-refractivity contribution in [2.24, 2.45) is 7.05 Å². The van der Waals surface area contributed by atoms with Gasteiger partial charge < -0.3 is 14.8 Å². The second-order valence-corrected chi connectivity index (χ2v) is 5.14. The van der Waals surface area contributed by atoms with Gasteiger partial charge in [0.25, 0.3) is 0 Å². The van der Waals surface area contributed by atoms with E-state index in [0.29, 0.717) is 0 Å². The van der Waals surface area contributed by atoms with Crippen molar-refractivity contribution in [1.82, 2.24) is 19.8 Å². The lowest BCUT2D eigenvalue weighted by atomic mass is 10.4. The van der Waals surface area contributed by atoms with Crippen molar-refractivity contribution in [1.29, 1.82) is 0 Å². The first-order valence-electron chi connectivity index (χ1n) is 5.65. The maximum Gasteiger partial charge on any atom is 0.167 e. The van der Waals surface area contributed by atoms with E-state index >= 15 is 0 Å². The number of hydrogen-bond acceptors (Lipinski definition) is 4. The van der Waals surface area contributed by atoms with E-state index in [-0.39, 0.29) is 0 Å². The Balaban J connectivity index is 1.94. The molecule has 0 unspecified atom stereocenters. The van der Waals surface area contributed by atoms with Gasteiger partial charge in [0.05, 0.1) is 0 Å². The molecule has 0 radical (unpaired) electrons. The van der Waals surface area contributed by atoms with Gasteiger partial charge in [-0.2, -0.15) is 0 Å². The maximum atomic E-state index is 4.26. The molecule has 0 saturated carbocycles. The molecule has 4 nitrogen and oxygen atoms in total. The summed E-state index contributed by atoms with van der Waals surface area (Å²) in [6.45, 7) is 3.30. The van der Waals surface area contributed by atoms with Crippen LogP contribution in [0.3, 0.4) is 0 Å². The van der Waals surface area contributed by atoms with Crippen LogP contribution in [0.25, 0.3) is 0 Å². The molecule has 92 valence electrons. The fourth-order valence-corrected chi connectivity index (χ4v) is 2.18. The van der Waals surface area contributed by atoms with Gasteiger partial charge in [-0.15, -0.1) is 0 Å². The van der Waals surface area contributed by atoms with Gasteiger partial charge in [0.15, 0.2) is 5.16 Å². The van der Waals surface area contributed by atoms with E-state index in [1.54, 1.807) is 11.8 Å². The van der Waals surface area contributed by atoms with E-state index < -0.39 is 0 Å². The van der Waals surface area contributed by atoms with E-state index in [2.05, 4.69) is 33.9 Å². The third-order valence-corrected chi connectivity index (χ3v) is 3.31. The number of aromatic nitrogens is 2. The van der Waals surface area contributed by atoms with Gasteiger partial charge in [0.2, 0.25) is 0 Å². The lowest BCUT2D eigenvalue weighted by molar-refractivity contribution is 0.396. The molecule has 1 rings (SSSR count). The predicted octanol–water partition coefficient (Wildman–Crippen LogP) is 1.05. The Hall–Kier alpha value is -0.520. The van der Waals surface area contributed by atoms with Crippen LogP contribution < -0.4 is 5.32 Å². The summed E-state index contributed by atoms with van der Waals surface area (Å²) in [6.07, 6.45) is 5.03. The molecule has 0 aromatic carbocycles. The molecule has 16 heavy (non-hydrogen) atoms. The first-order valence-corrected chi connectivity index (χ1v) is 6.64. The largest absolute Gasteiger partial charge is 0.329 e. The highest BCUT2D eigenvalue weighted by Crippen LogP contribution is 2.12. The molecule has 1 aromatic heterocycles. The number of aryl methyl sites for hydroxylation is 1. The molecule has 0 bridgehead atoms. The predicted molar refractivity (Wildman–Crippen MR) is 70.0 cm³/mol. The Bertz CT molecular complexity index is 285. The lowest BCUT2D eigenvalue weighted by Crippen LogP contribution is -2.23. The van der Waals surface area contributed by atoms with Crippen LogP contribution in [0, 0.1) is 0 Å². The van der Waals surface area contributed by atoms with Crippen molar-refractivity contribution in [3.05, 3.63) is 12.4 Å². The summed E-state index contributed by atoms with van der Waals surface area (Å²) in [5.74, 6) is 1.08. The average Bonchev–Trinajstić information content (AvgIpc) is 2.62. The maximum absolute atomic E-state index is 4.26. The average molecular weight is 242 g/mol. The molecule has 0 saturated heterocycles. The SMILES string of the molecule is CN(C)CCCNCCSc1nccn1C. The number of imidazole rings is 1. The molecule has 0 aliphatic carbocycles. The second-order valence-electron chi connectivity index (χ2n) is 4.08. The Morgan fingerprint density at radius 3 is 2.88 bits per heavy atom. The van der Waals surface area contributed by atoms with Crippen molar-refractivity contribution in [2.45, 2.75) is 11.6 Å². The monoisotopic (exact) mass is 242 g/mol. The smallest absolute Gasteiger partial charge is 0.167 e. The number of rotatable bonds is 8. The highest BCUT2D eigenvalue weighted by molar-refractivity contribution is 7.99. The molecule has 0 atom stereocenters. The van der Waals surface area contributed by atoms with Gasteiger partial charge in [-0.05, 0) is 33.6 Å². The van der Waals surface area contributed by atoms with Crippen molar-refractivity contribution in [3.63, 3.8) is 0 Å². The van der Waals surface area contributed by atoms with Crippen molar-refractivity contribution in [2.75, 3.05) is 39.5 Å². The van der Waals surface area contributed by atoms with E-state index in [1.807, 2.05) is 19.4 Å². The number of nitrogens with zero attached hydrogens (tertiary/aromatic N) is 3. The molecular formula is C11H22N4S. The van der Waals surface area contributed by atoms with Gasteiger partial charge in [-0.1, -0.05) is 11.8 Å². The summed E-state index contributed by atoms with van der Waals surface area (Å²) in [6, 6.07) is 0. The normalized spacial score (nSPS) is 11.2. The molecular weight excluding hydrogens is 220 g/mol. The van der Waals surface area contributed by atoms with Crippen LogP contribution in [0.1, 0.15) is 6.42 Å². The Morgan fingerprint density at radius 1 is 1.44 bits per heavy atom. The minimum Gasteiger partial charge on any atom is -0.329 e. The zero-order valence-electron chi connectivity index (χ0n) is 10.4. The van der Waals surface area contributed by atoms with Crippen LogP contribution >= 0.6 is 11.8 Å². The van der Waals surface area contributed by atoms with Crippen LogP contribution in [0.4, 0.5) is 0 Å². The van der Waals surface area contributed by atoms with Crippen molar-refractivity contribution < 1.29 is 0 Å². The molecule has 0 aliphatic heterocycles. The molecule has 0 amide bonds. The van der Waals surface area contributed by atoms with Crippen LogP contribution in [0.5, 0.6) is 0 Å². The quantitative estimate of drug-likeness (QED) is 0.546. The number of thioether (sulfide) groups is 1. The summed E-state index contributed by atoms with van der Waals surface area (Å²) >= 11 is 1.80. The zero-order valence-corrected chi connectivity index (χ0v) is 11.3. The molecule has 0 aliphatic rings. The highest BCUT2D eigenvalue weighted by atomic mass is 32.2. The van der Waals surface area contributed by atoms with Crippen molar-refractivity contribution >= 4 is 11.8 Å². The molecule has 1 N–H and O–H groups in total. The third kappa shape index (κ3) is 5.53. The van der Waals surface area contributed by atoms with Crippen LogP contribution in [0.2, 0.25) is 0 Å². The minimum absolute atomic E-state index is 1.05. The van der Waals surface area contributed by atoms with E-state index in [9.17, 15) is 0 Å². The first-order chi connectivity index (χ1) is 7.70. The van der Waals surface area contributed by atoms with E-state index in [1.165, 1.54) is 6.42 Å². The summed E-state index contributed by atoms with van der Waals surface area (Å²) in [4.78, 5) is 6.48. The summed E-state index contributed by atoms with van der Waals surface area (Å²) in [7, 11) is 6.24. The molecule has 0 spiro atoms. The highest BCUT2D eigenvalue weighted by Gasteiger charge is 1.98. The Morgan fingerprint density at radius 2 is 2.25 bits per heavy atom. The van der Waals surface area contributed by atoms with Crippen LogP contribution in [-0.4, -0.2) is 53.9 Å². The second kappa shape index (κ2) is 7.70. The third-order valence-electron chi connectivity index (χ3n) is 2.25. The van der Waals surface area contributed by atoms with E-state index in [0.717, 1.165) is 30.5 Å². The summed E-state index contributed by atoms with van der Waals surface area (Å²) in [5, 5.41) is 4.53. The van der Waals surface area contributed by atoms with Gasteiger partial charge in [0.1, 0.15) is 0 Å². The fraction of sp³-hybridized carbons (Fsp3) is 0.727. The molecule has 1 aromatic rings. The Kier molecular flexibility index (Phi) is 6.52. The van der Waals surface area contributed by atoms with Crippen LogP contribution in [-0.2, 0) is 7.05 Å². The number of nitrogens with one attached hydrogen (secondary N) is 1. The zero-order chi connectivity index (χ0) is 11.8. The van der Waals surface area contributed by atoms with Crippen LogP contribution in [0.15, 0.2) is 17.6 Å².